The van der Waals surface area contributed by atoms with Crippen LogP contribution >= 0.6 is 0 Å². The van der Waals surface area contributed by atoms with Gasteiger partial charge in [0.15, 0.2) is 0 Å². The third kappa shape index (κ3) is 36.1. The molecule has 1 aromatic rings. The number of rotatable bonds is 7. The zero-order valence-corrected chi connectivity index (χ0v) is 19.8. The van der Waals surface area contributed by atoms with Crippen LogP contribution in [0.4, 0.5) is 5.69 Å². The average molecular weight is 379 g/mol. The molecular formula is C25H50N2. The molecule has 0 bridgehead atoms. The lowest BCUT2D eigenvalue weighted by Crippen LogP contribution is -1.97. The minimum absolute atomic E-state index is 1.06. The van der Waals surface area contributed by atoms with Crippen molar-refractivity contribution in [2.45, 2.75) is 100 Å². The lowest BCUT2D eigenvalue weighted by molar-refractivity contribution is 0.772. The van der Waals surface area contributed by atoms with Crippen molar-refractivity contribution in [1.29, 1.82) is 0 Å². The maximum atomic E-state index is 4.61. The smallest absolute Gasteiger partial charge is 0.0381 e. The fourth-order valence-corrected chi connectivity index (χ4v) is 1.65. The Bertz CT molecular complexity index is 378. The van der Waals surface area contributed by atoms with Gasteiger partial charge in [-0.05, 0) is 38.1 Å². The molecule has 0 heterocycles. The van der Waals surface area contributed by atoms with Crippen molar-refractivity contribution in [2.75, 3.05) is 5.32 Å². The molecule has 0 aromatic heterocycles. The standard InChI is InChI=1S/C13H19N.C5H12.C3H8.C2H5N.C2H6/c1-4-5-6-12(3)14-13-9-7-11(2)8-10-13;1-3-5-4-2;1-3-2;1-2-3;1-2/h7-10,14H,3-6H2,1-2H3;3-5H2,1-2H3;3H2,1-2H3;2H,1,3H2;1-2H3. The predicted octanol–water partition coefficient (Wildman–Crippen LogP) is 8.84. The highest BCUT2D eigenvalue weighted by atomic mass is 14.9. The van der Waals surface area contributed by atoms with Gasteiger partial charge in [-0.1, -0.05) is 111 Å². The number of aryl methyl sites for hydroxylation is 1. The number of benzene rings is 1. The van der Waals surface area contributed by atoms with Crippen molar-refractivity contribution >= 4 is 5.69 Å². The quantitative estimate of drug-likeness (QED) is 0.497. The molecule has 1 rings (SSSR count). The summed E-state index contributed by atoms with van der Waals surface area (Å²) in [5, 5.41) is 3.31. The van der Waals surface area contributed by atoms with E-state index in [2.05, 4.69) is 90.0 Å². The number of anilines is 1. The molecule has 0 fully saturated rings. The van der Waals surface area contributed by atoms with Gasteiger partial charge in [0.25, 0.3) is 0 Å². The van der Waals surface area contributed by atoms with Gasteiger partial charge in [-0.25, -0.2) is 0 Å². The summed E-state index contributed by atoms with van der Waals surface area (Å²) in [5.74, 6) is 0. The molecule has 0 saturated carbocycles. The Kier molecular flexibility index (Phi) is 39.0. The molecule has 0 amide bonds. The summed E-state index contributed by atoms with van der Waals surface area (Å²) in [7, 11) is 0. The van der Waals surface area contributed by atoms with Crippen molar-refractivity contribution in [3.8, 4) is 0 Å². The zero-order chi connectivity index (χ0) is 21.9. The van der Waals surface area contributed by atoms with E-state index in [0.717, 1.165) is 17.8 Å². The number of unbranched alkanes of at least 4 members (excludes halogenated alkanes) is 3. The summed E-state index contributed by atoms with van der Waals surface area (Å²) < 4.78 is 0. The molecule has 0 saturated heterocycles. The molecule has 0 unspecified atom stereocenters. The Morgan fingerprint density at radius 2 is 1.30 bits per heavy atom. The molecule has 160 valence electrons. The van der Waals surface area contributed by atoms with Gasteiger partial charge in [-0.2, -0.15) is 0 Å². The van der Waals surface area contributed by atoms with E-state index in [0.29, 0.717) is 0 Å². The van der Waals surface area contributed by atoms with Crippen LogP contribution in [0.25, 0.3) is 0 Å². The summed E-state index contributed by atoms with van der Waals surface area (Å²) in [6.07, 6.45) is 10.1. The molecule has 0 aliphatic rings. The zero-order valence-electron chi connectivity index (χ0n) is 19.8. The van der Waals surface area contributed by atoms with Gasteiger partial charge in [-0.15, -0.1) is 0 Å². The van der Waals surface area contributed by atoms with Crippen LogP contribution in [0.15, 0.2) is 49.3 Å². The highest BCUT2D eigenvalue weighted by molar-refractivity contribution is 5.48. The minimum atomic E-state index is 1.06. The van der Waals surface area contributed by atoms with Crippen LogP contribution in [0.2, 0.25) is 0 Å². The van der Waals surface area contributed by atoms with Gasteiger partial charge in [0, 0.05) is 11.4 Å². The first-order valence-corrected chi connectivity index (χ1v) is 10.8. The second-order valence-electron chi connectivity index (χ2n) is 5.99. The van der Waals surface area contributed by atoms with E-state index >= 15 is 0 Å². The number of hydrogen-bond acceptors (Lipinski definition) is 2. The van der Waals surface area contributed by atoms with Gasteiger partial charge < -0.3 is 11.1 Å². The van der Waals surface area contributed by atoms with Crippen LogP contribution < -0.4 is 11.1 Å². The van der Waals surface area contributed by atoms with Crippen molar-refractivity contribution in [3.05, 3.63) is 54.9 Å². The van der Waals surface area contributed by atoms with E-state index in [4.69, 9.17) is 0 Å². The van der Waals surface area contributed by atoms with Crippen LogP contribution in [0.1, 0.15) is 99.0 Å². The molecule has 0 radical (unpaired) electrons. The van der Waals surface area contributed by atoms with Crippen LogP contribution in [-0.4, -0.2) is 0 Å². The molecule has 0 aliphatic heterocycles. The maximum Gasteiger partial charge on any atom is 0.0381 e. The highest BCUT2D eigenvalue weighted by Crippen LogP contribution is 2.13. The second kappa shape index (κ2) is 32.0. The first-order chi connectivity index (χ1) is 13.0. The Morgan fingerprint density at radius 1 is 0.926 bits per heavy atom. The first kappa shape index (κ1) is 32.9. The Labute approximate surface area is 172 Å². The Balaban J connectivity index is -0.000000169. The molecular weight excluding hydrogens is 328 g/mol. The fourth-order valence-electron chi connectivity index (χ4n) is 1.65. The summed E-state index contributed by atoms with van der Waals surface area (Å²) in [6, 6.07) is 8.39. The molecule has 1 aromatic carbocycles. The first-order valence-electron chi connectivity index (χ1n) is 10.8. The molecule has 0 atom stereocenters. The van der Waals surface area contributed by atoms with Crippen molar-refractivity contribution in [3.63, 3.8) is 0 Å². The van der Waals surface area contributed by atoms with E-state index in [-0.39, 0.29) is 0 Å². The SMILES string of the molecule is C=C(CCCC)Nc1ccc(C)cc1.C=CN.CC.CCC.CCCCC. The van der Waals surface area contributed by atoms with Gasteiger partial charge in [0.2, 0.25) is 0 Å². The largest absolute Gasteiger partial charge is 0.405 e. The molecule has 0 spiro atoms. The fraction of sp³-hybridized carbons (Fsp3) is 0.600. The predicted molar refractivity (Wildman–Crippen MR) is 130 cm³/mol. The van der Waals surface area contributed by atoms with Crippen LogP contribution in [-0.2, 0) is 0 Å². The topological polar surface area (TPSA) is 38.0 Å². The van der Waals surface area contributed by atoms with Gasteiger partial charge >= 0.3 is 0 Å². The summed E-state index contributed by atoms with van der Waals surface area (Å²) >= 11 is 0. The summed E-state index contributed by atoms with van der Waals surface area (Å²) in [6.45, 7) is 24.1. The van der Waals surface area contributed by atoms with Gasteiger partial charge in [-0.3, -0.25) is 0 Å². The molecule has 3 N–H and O–H groups in total. The monoisotopic (exact) mass is 378 g/mol. The second-order valence-corrected chi connectivity index (χ2v) is 5.99. The number of nitrogens with one attached hydrogen (secondary N) is 1. The van der Waals surface area contributed by atoms with Crippen molar-refractivity contribution in [2.24, 2.45) is 5.73 Å². The molecule has 2 nitrogen and oxygen atoms in total. The van der Waals surface area contributed by atoms with Crippen molar-refractivity contribution in [1.82, 2.24) is 0 Å². The maximum absolute atomic E-state index is 4.61. The lowest BCUT2D eigenvalue weighted by Gasteiger charge is -2.08. The van der Waals surface area contributed by atoms with Gasteiger partial charge in [0.05, 0.1) is 0 Å². The third-order valence-corrected chi connectivity index (χ3v) is 2.91. The highest BCUT2D eigenvalue weighted by Gasteiger charge is 1.94. The van der Waals surface area contributed by atoms with E-state index in [9.17, 15) is 0 Å². The molecule has 2 heteroatoms. The third-order valence-electron chi connectivity index (χ3n) is 2.91. The van der Waals surface area contributed by atoms with Crippen molar-refractivity contribution < 1.29 is 0 Å². The number of hydrogen-bond donors (Lipinski definition) is 2. The summed E-state index contributed by atoms with van der Waals surface area (Å²) in [5.41, 5.74) is 8.14. The normalized spacial score (nSPS) is 8.00. The van der Waals surface area contributed by atoms with E-state index in [1.54, 1.807) is 0 Å². The van der Waals surface area contributed by atoms with Crippen LogP contribution in [0, 0.1) is 6.92 Å². The Hall–Kier alpha value is -1.70. The summed E-state index contributed by atoms with van der Waals surface area (Å²) in [4.78, 5) is 0. The Morgan fingerprint density at radius 3 is 1.59 bits per heavy atom. The lowest BCUT2D eigenvalue weighted by atomic mass is 10.2. The van der Waals surface area contributed by atoms with Crippen LogP contribution in [0.3, 0.4) is 0 Å². The van der Waals surface area contributed by atoms with E-state index < -0.39 is 0 Å². The van der Waals surface area contributed by atoms with E-state index in [1.807, 2.05) is 13.8 Å². The minimum Gasteiger partial charge on any atom is -0.405 e. The molecule has 27 heavy (non-hydrogen) atoms. The van der Waals surface area contributed by atoms with Crippen LogP contribution in [0.5, 0.6) is 0 Å². The average Bonchev–Trinajstić information content (AvgIpc) is 2.66. The number of nitrogens with two attached hydrogens (primary N) is 1. The van der Waals surface area contributed by atoms with E-state index in [1.165, 1.54) is 50.3 Å². The number of allylic oxidation sites excluding steroid dienone is 1. The molecule has 0 aliphatic carbocycles. The van der Waals surface area contributed by atoms with Gasteiger partial charge in [0.1, 0.15) is 0 Å².